The molecular weight excluding hydrogens is 222 g/mol. The first kappa shape index (κ1) is 11.4. The number of nitrogens with zero attached hydrogens (tertiary/aromatic N) is 2. The number of aromatic nitrogens is 2. The fraction of sp³-hybridized carbons (Fsp3) is 0.364. The molecule has 0 bridgehead atoms. The van der Waals surface area contributed by atoms with Crippen molar-refractivity contribution in [3.8, 4) is 0 Å². The second-order valence-corrected chi connectivity index (χ2v) is 3.85. The van der Waals surface area contributed by atoms with Gasteiger partial charge in [0, 0.05) is 0 Å². The minimum Gasteiger partial charge on any atom is -0.361 e. The van der Waals surface area contributed by atoms with E-state index in [4.69, 9.17) is 9.05 Å². The number of hydrogen-bond donors (Lipinski definition) is 1. The topological polar surface area (TPSA) is 81.2 Å². The Morgan fingerprint density at radius 2 is 1.59 bits per heavy atom. The summed E-state index contributed by atoms with van der Waals surface area (Å²) in [6.07, 6.45) is 0. The number of hydrogen-bond acceptors (Lipinski definition) is 5. The molecule has 90 valence electrons. The maximum Gasteiger partial charge on any atom is 0.261 e. The van der Waals surface area contributed by atoms with Crippen molar-refractivity contribution >= 4 is 11.6 Å². The fourth-order valence-corrected chi connectivity index (χ4v) is 1.64. The minimum absolute atomic E-state index is 0.268. The molecule has 17 heavy (non-hydrogen) atoms. The lowest BCUT2D eigenvalue weighted by atomic mass is 10.2. The van der Waals surface area contributed by atoms with Crippen molar-refractivity contribution in [2.75, 3.05) is 5.32 Å². The Morgan fingerprint density at radius 1 is 1.00 bits per heavy atom. The van der Waals surface area contributed by atoms with Gasteiger partial charge in [-0.15, -0.1) is 0 Å². The van der Waals surface area contributed by atoms with Crippen LogP contribution in [-0.2, 0) is 0 Å². The highest BCUT2D eigenvalue weighted by molar-refractivity contribution is 6.06. The van der Waals surface area contributed by atoms with E-state index in [0.717, 1.165) is 0 Å². The number of anilines is 1. The van der Waals surface area contributed by atoms with Gasteiger partial charge in [0.1, 0.15) is 22.7 Å². The molecule has 1 N–H and O–H groups in total. The highest BCUT2D eigenvalue weighted by atomic mass is 16.5. The van der Waals surface area contributed by atoms with Gasteiger partial charge in [-0.2, -0.15) is 0 Å². The summed E-state index contributed by atoms with van der Waals surface area (Å²) in [5.41, 5.74) is 2.24. The van der Waals surface area contributed by atoms with Crippen LogP contribution < -0.4 is 5.32 Å². The monoisotopic (exact) mass is 235 g/mol. The number of amides is 1. The predicted octanol–water partition coefficient (Wildman–Crippen LogP) is 2.15. The molecule has 2 aromatic heterocycles. The van der Waals surface area contributed by atoms with E-state index in [1.165, 1.54) is 0 Å². The van der Waals surface area contributed by atoms with Gasteiger partial charge in [0.25, 0.3) is 5.91 Å². The van der Waals surface area contributed by atoms with Crippen molar-refractivity contribution < 1.29 is 13.8 Å². The third-order valence-corrected chi connectivity index (χ3v) is 2.53. The van der Waals surface area contributed by atoms with Crippen LogP contribution in [0.1, 0.15) is 33.3 Å². The van der Waals surface area contributed by atoms with E-state index >= 15 is 0 Å². The van der Waals surface area contributed by atoms with E-state index in [0.29, 0.717) is 34.2 Å². The predicted molar refractivity (Wildman–Crippen MR) is 59.9 cm³/mol. The molecule has 0 aliphatic carbocycles. The van der Waals surface area contributed by atoms with Crippen LogP contribution in [0.3, 0.4) is 0 Å². The van der Waals surface area contributed by atoms with E-state index in [1.807, 2.05) is 0 Å². The van der Waals surface area contributed by atoms with Gasteiger partial charge in [-0.25, -0.2) is 0 Å². The molecule has 2 heterocycles. The molecule has 0 saturated carbocycles. The maximum atomic E-state index is 12.0. The van der Waals surface area contributed by atoms with E-state index in [2.05, 4.69) is 15.6 Å². The first-order chi connectivity index (χ1) is 8.00. The lowest BCUT2D eigenvalue weighted by molar-refractivity contribution is 0.102. The lowest BCUT2D eigenvalue weighted by Gasteiger charge is -2.03. The molecule has 0 aliphatic rings. The first-order valence-electron chi connectivity index (χ1n) is 5.17. The largest absolute Gasteiger partial charge is 0.361 e. The zero-order chi connectivity index (χ0) is 12.6. The van der Waals surface area contributed by atoms with Gasteiger partial charge in [-0.1, -0.05) is 10.3 Å². The highest BCUT2D eigenvalue weighted by Crippen LogP contribution is 2.21. The SMILES string of the molecule is Cc1noc(C)c1NC(=O)c1c(C)noc1C. The molecular formula is C11H13N3O3. The molecule has 0 atom stereocenters. The zero-order valence-corrected chi connectivity index (χ0v) is 10.1. The molecule has 0 aliphatic heterocycles. The van der Waals surface area contributed by atoms with Crippen LogP contribution in [0.15, 0.2) is 9.05 Å². The van der Waals surface area contributed by atoms with Crippen LogP contribution in [0.25, 0.3) is 0 Å². The summed E-state index contributed by atoms with van der Waals surface area (Å²) < 4.78 is 9.92. The van der Waals surface area contributed by atoms with Crippen molar-refractivity contribution in [2.45, 2.75) is 27.7 Å². The fourth-order valence-electron chi connectivity index (χ4n) is 1.64. The van der Waals surface area contributed by atoms with Crippen molar-refractivity contribution in [2.24, 2.45) is 0 Å². The lowest BCUT2D eigenvalue weighted by Crippen LogP contribution is -2.14. The van der Waals surface area contributed by atoms with Gasteiger partial charge in [0.15, 0.2) is 5.76 Å². The van der Waals surface area contributed by atoms with Crippen molar-refractivity contribution in [1.29, 1.82) is 0 Å². The number of nitrogens with one attached hydrogen (secondary N) is 1. The third kappa shape index (κ3) is 1.93. The summed E-state index contributed by atoms with van der Waals surface area (Å²) >= 11 is 0. The summed E-state index contributed by atoms with van der Waals surface area (Å²) in [5.74, 6) is 0.796. The molecule has 2 aromatic rings. The molecule has 1 amide bonds. The Labute approximate surface area is 98.0 Å². The van der Waals surface area contributed by atoms with Crippen molar-refractivity contribution in [3.05, 3.63) is 28.5 Å². The number of carbonyl (C=O) groups excluding carboxylic acids is 1. The molecule has 0 saturated heterocycles. The Hall–Kier alpha value is -2.11. The van der Waals surface area contributed by atoms with Crippen LogP contribution in [0.5, 0.6) is 0 Å². The maximum absolute atomic E-state index is 12.0. The van der Waals surface area contributed by atoms with Gasteiger partial charge in [-0.3, -0.25) is 4.79 Å². The molecule has 6 heteroatoms. The second kappa shape index (κ2) is 4.04. The Bertz CT molecular complexity index is 530. The summed E-state index contributed by atoms with van der Waals surface area (Å²) in [5, 5.41) is 10.3. The first-order valence-corrected chi connectivity index (χ1v) is 5.17. The van der Waals surface area contributed by atoms with Crippen LogP contribution in [0.2, 0.25) is 0 Å². The zero-order valence-electron chi connectivity index (χ0n) is 10.1. The van der Waals surface area contributed by atoms with Gasteiger partial charge >= 0.3 is 0 Å². The van der Waals surface area contributed by atoms with Crippen molar-refractivity contribution in [3.63, 3.8) is 0 Å². The van der Waals surface area contributed by atoms with Gasteiger partial charge in [0.2, 0.25) is 0 Å². The van der Waals surface area contributed by atoms with E-state index in [1.54, 1.807) is 27.7 Å². The normalized spacial score (nSPS) is 10.6. The second-order valence-electron chi connectivity index (χ2n) is 3.85. The average Bonchev–Trinajstić information content (AvgIpc) is 2.75. The molecule has 2 rings (SSSR count). The number of carbonyl (C=O) groups is 1. The van der Waals surface area contributed by atoms with Gasteiger partial charge in [0.05, 0.1) is 5.69 Å². The van der Waals surface area contributed by atoms with Crippen molar-refractivity contribution in [1.82, 2.24) is 10.3 Å². The molecule has 0 fully saturated rings. The quantitative estimate of drug-likeness (QED) is 0.862. The van der Waals surface area contributed by atoms with Gasteiger partial charge < -0.3 is 14.4 Å². The molecule has 0 aromatic carbocycles. The van der Waals surface area contributed by atoms with E-state index in [9.17, 15) is 4.79 Å². The van der Waals surface area contributed by atoms with Crippen LogP contribution in [0.4, 0.5) is 5.69 Å². The standard InChI is InChI=1S/C11H13N3O3/c1-5-9(7(3)16-13-5)11(15)12-10-6(2)14-17-8(10)4/h1-4H3,(H,12,15). The number of aryl methyl sites for hydroxylation is 4. The molecule has 0 radical (unpaired) electrons. The van der Waals surface area contributed by atoms with Crippen LogP contribution in [0, 0.1) is 27.7 Å². The Morgan fingerprint density at radius 3 is 2.06 bits per heavy atom. The van der Waals surface area contributed by atoms with Crippen LogP contribution in [-0.4, -0.2) is 16.2 Å². The Balaban J connectivity index is 2.29. The average molecular weight is 235 g/mol. The van der Waals surface area contributed by atoms with Gasteiger partial charge in [-0.05, 0) is 27.7 Å². The minimum atomic E-state index is -0.268. The van der Waals surface area contributed by atoms with E-state index < -0.39 is 0 Å². The number of rotatable bonds is 2. The summed E-state index contributed by atoms with van der Waals surface area (Å²) in [6, 6.07) is 0. The molecule has 0 unspecified atom stereocenters. The van der Waals surface area contributed by atoms with E-state index in [-0.39, 0.29) is 5.91 Å². The molecule has 6 nitrogen and oxygen atoms in total. The third-order valence-electron chi connectivity index (χ3n) is 2.53. The summed E-state index contributed by atoms with van der Waals surface area (Å²) in [6.45, 7) is 6.92. The van der Waals surface area contributed by atoms with Crippen LogP contribution >= 0.6 is 0 Å². The Kier molecular flexibility index (Phi) is 2.71. The smallest absolute Gasteiger partial charge is 0.261 e. The summed E-state index contributed by atoms with van der Waals surface area (Å²) in [7, 11) is 0. The highest BCUT2D eigenvalue weighted by Gasteiger charge is 2.20. The summed E-state index contributed by atoms with van der Waals surface area (Å²) in [4.78, 5) is 12.0. The molecule has 0 spiro atoms.